The summed E-state index contributed by atoms with van der Waals surface area (Å²) in [6.45, 7) is 7.15. The van der Waals surface area contributed by atoms with Gasteiger partial charge in [-0.15, -0.1) is 0 Å². The number of rotatable bonds is 4. The third-order valence-corrected chi connectivity index (χ3v) is 2.37. The highest BCUT2D eigenvalue weighted by Gasteiger charge is 2.07. The van der Waals surface area contributed by atoms with E-state index in [1.807, 2.05) is 12.1 Å². The number of hydrogen-bond donors (Lipinski definition) is 1. The van der Waals surface area contributed by atoms with Gasteiger partial charge < -0.3 is 9.73 Å². The highest BCUT2D eigenvalue weighted by molar-refractivity contribution is 5.18. The van der Waals surface area contributed by atoms with Gasteiger partial charge in [-0.2, -0.15) is 5.26 Å². The van der Waals surface area contributed by atoms with Gasteiger partial charge in [-0.3, -0.25) is 0 Å². The van der Waals surface area contributed by atoms with E-state index in [9.17, 15) is 0 Å². The lowest BCUT2D eigenvalue weighted by molar-refractivity contribution is 0.394. The summed E-state index contributed by atoms with van der Waals surface area (Å²) >= 11 is 0. The van der Waals surface area contributed by atoms with Crippen molar-refractivity contribution in [3.8, 4) is 6.07 Å². The topological polar surface area (TPSA) is 49.0 Å². The smallest absolute Gasteiger partial charge is 0.203 e. The van der Waals surface area contributed by atoms with Crippen molar-refractivity contribution in [1.82, 2.24) is 5.32 Å². The van der Waals surface area contributed by atoms with Gasteiger partial charge in [-0.05, 0) is 25.0 Å². The van der Waals surface area contributed by atoms with E-state index in [1.54, 1.807) is 6.07 Å². The molecule has 0 bridgehead atoms. The van der Waals surface area contributed by atoms with Crippen molar-refractivity contribution in [3.63, 3.8) is 0 Å². The Labute approximate surface area is 84.7 Å². The first-order valence-corrected chi connectivity index (χ1v) is 4.85. The minimum Gasteiger partial charge on any atom is -0.449 e. The van der Waals surface area contributed by atoms with Gasteiger partial charge in [0.25, 0.3) is 0 Å². The van der Waals surface area contributed by atoms with Gasteiger partial charge >= 0.3 is 0 Å². The van der Waals surface area contributed by atoms with Crippen LogP contribution in [-0.2, 0) is 6.54 Å². The Kier molecular flexibility index (Phi) is 3.73. The Hall–Kier alpha value is -1.27. The first-order valence-electron chi connectivity index (χ1n) is 4.85. The summed E-state index contributed by atoms with van der Waals surface area (Å²) in [4.78, 5) is 0. The fourth-order valence-corrected chi connectivity index (χ4v) is 1.03. The standard InChI is InChI=1S/C11H16N2O/c1-8(2)9(3)13-7-11-5-4-10(6-12)14-11/h4-5,8-9,13H,7H2,1-3H3. The Morgan fingerprint density at radius 2 is 2.14 bits per heavy atom. The largest absolute Gasteiger partial charge is 0.449 e. The van der Waals surface area contributed by atoms with Crippen LogP contribution in [0.1, 0.15) is 32.3 Å². The van der Waals surface area contributed by atoms with Crippen LogP contribution in [0.25, 0.3) is 0 Å². The van der Waals surface area contributed by atoms with Crippen molar-refractivity contribution in [1.29, 1.82) is 5.26 Å². The lowest BCUT2D eigenvalue weighted by Gasteiger charge is -2.16. The van der Waals surface area contributed by atoms with E-state index in [4.69, 9.17) is 9.68 Å². The second-order valence-electron chi connectivity index (χ2n) is 3.79. The molecule has 1 aromatic rings. The number of nitriles is 1. The average molecular weight is 192 g/mol. The molecule has 0 aliphatic carbocycles. The molecule has 0 amide bonds. The van der Waals surface area contributed by atoms with Gasteiger partial charge in [0.1, 0.15) is 11.8 Å². The first-order chi connectivity index (χ1) is 6.63. The summed E-state index contributed by atoms with van der Waals surface area (Å²) < 4.78 is 5.24. The van der Waals surface area contributed by atoms with Crippen molar-refractivity contribution < 1.29 is 4.42 Å². The van der Waals surface area contributed by atoms with Gasteiger partial charge in [-0.25, -0.2) is 0 Å². The second kappa shape index (κ2) is 4.83. The van der Waals surface area contributed by atoms with E-state index in [1.165, 1.54) is 0 Å². The Balaban J connectivity index is 2.42. The number of nitrogens with zero attached hydrogens (tertiary/aromatic N) is 1. The van der Waals surface area contributed by atoms with Crippen LogP contribution in [-0.4, -0.2) is 6.04 Å². The Morgan fingerprint density at radius 1 is 1.43 bits per heavy atom. The van der Waals surface area contributed by atoms with Crippen molar-refractivity contribution in [2.75, 3.05) is 0 Å². The van der Waals surface area contributed by atoms with Gasteiger partial charge in [0.05, 0.1) is 6.54 Å². The minimum atomic E-state index is 0.374. The van der Waals surface area contributed by atoms with E-state index in [-0.39, 0.29) is 0 Å². The SMILES string of the molecule is CC(C)C(C)NCc1ccc(C#N)o1. The van der Waals surface area contributed by atoms with E-state index in [0.717, 1.165) is 5.76 Å². The van der Waals surface area contributed by atoms with E-state index < -0.39 is 0 Å². The number of furan rings is 1. The summed E-state index contributed by atoms with van der Waals surface area (Å²) in [6.07, 6.45) is 0. The molecule has 0 saturated carbocycles. The van der Waals surface area contributed by atoms with Crippen molar-refractivity contribution >= 4 is 0 Å². The second-order valence-corrected chi connectivity index (χ2v) is 3.79. The maximum Gasteiger partial charge on any atom is 0.203 e. The van der Waals surface area contributed by atoms with Gasteiger partial charge in [-0.1, -0.05) is 13.8 Å². The molecule has 0 radical (unpaired) electrons. The van der Waals surface area contributed by atoms with Crippen LogP contribution in [0, 0.1) is 17.2 Å². The summed E-state index contributed by atoms with van der Waals surface area (Å²) in [5.41, 5.74) is 0. The van der Waals surface area contributed by atoms with E-state index >= 15 is 0 Å². The van der Waals surface area contributed by atoms with Gasteiger partial charge in [0.2, 0.25) is 5.76 Å². The molecule has 14 heavy (non-hydrogen) atoms. The van der Waals surface area contributed by atoms with E-state index in [2.05, 4.69) is 26.1 Å². The Morgan fingerprint density at radius 3 is 2.64 bits per heavy atom. The summed E-state index contributed by atoms with van der Waals surface area (Å²) in [5.74, 6) is 1.79. The molecule has 1 N–H and O–H groups in total. The fraction of sp³-hybridized carbons (Fsp3) is 0.545. The summed E-state index contributed by atoms with van der Waals surface area (Å²) in [5, 5.41) is 11.9. The number of hydrogen-bond acceptors (Lipinski definition) is 3. The molecule has 0 aliphatic heterocycles. The summed E-state index contributed by atoms with van der Waals surface area (Å²) in [6, 6.07) is 5.94. The quantitative estimate of drug-likeness (QED) is 0.796. The third kappa shape index (κ3) is 2.90. The monoisotopic (exact) mass is 192 g/mol. The normalized spacial score (nSPS) is 12.8. The van der Waals surface area contributed by atoms with Crippen molar-refractivity contribution in [3.05, 3.63) is 23.7 Å². The summed E-state index contributed by atoms with van der Waals surface area (Å²) in [7, 11) is 0. The molecular weight excluding hydrogens is 176 g/mol. The molecule has 0 fully saturated rings. The predicted molar refractivity (Wildman–Crippen MR) is 54.6 cm³/mol. The fourth-order valence-electron chi connectivity index (χ4n) is 1.03. The van der Waals surface area contributed by atoms with E-state index in [0.29, 0.717) is 24.3 Å². The molecule has 1 rings (SSSR count). The molecule has 76 valence electrons. The zero-order chi connectivity index (χ0) is 10.6. The zero-order valence-corrected chi connectivity index (χ0v) is 8.87. The first kappa shape index (κ1) is 10.8. The lowest BCUT2D eigenvalue weighted by atomic mass is 10.1. The molecule has 1 heterocycles. The van der Waals surface area contributed by atoms with Gasteiger partial charge in [0, 0.05) is 6.04 Å². The van der Waals surface area contributed by atoms with Crippen LogP contribution in [0.15, 0.2) is 16.5 Å². The molecule has 1 unspecified atom stereocenters. The molecular formula is C11H16N2O. The highest BCUT2D eigenvalue weighted by Crippen LogP contribution is 2.07. The van der Waals surface area contributed by atoms with Crippen molar-refractivity contribution in [2.24, 2.45) is 5.92 Å². The van der Waals surface area contributed by atoms with Crippen LogP contribution < -0.4 is 5.32 Å². The third-order valence-electron chi connectivity index (χ3n) is 2.37. The molecule has 0 aromatic carbocycles. The molecule has 3 nitrogen and oxygen atoms in total. The molecule has 1 atom stereocenters. The van der Waals surface area contributed by atoms with Crippen LogP contribution in [0.4, 0.5) is 0 Å². The van der Waals surface area contributed by atoms with Crippen LogP contribution in [0.2, 0.25) is 0 Å². The molecule has 1 aromatic heterocycles. The molecule has 0 spiro atoms. The molecule has 3 heteroatoms. The molecule has 0 saturated heterocycles. The minimum absolute atomic E-state index is 0.374. The maximum atomic E-state index is 8.55. The maximum absolute atomic E-state index is 8.55. The van der Waals surface area contributed by atoms with Gasteiger partial charge in [0.15, 0.2) is 0 Å². The highest BCUT2D eigenvalue weighted by atomic mass is 16.3. The van der Waals surface area contributed by atoms with Crippen LogP contribution in [0.3, 0.4) is 0 Å². The number of nitrogens with one attached hydrogen (secondary N) is 1. The predicted octanol–water partition coefficient (Wildman–Crippen LogP) is 2.29. The Bertz CT molecular complexity index is 322. The zero-order valence-electron chi connectivity index (χ0n) is 8.87. The lowest BCUT2D eigenvalue weighted by Crippen LogP contribution is -2.29. The van der Waals surface area contributed by atoms with Crippen LogP contribution in [0.5, 0.6) is 0 Å². The molecule has 0 aliphatic rings. The van der Waals surface area contributed by atoms with Crippen molar-refractivity contribution in [2.45, 2.75) is 33.4 Å². The average Bonchev–Trinajstić information content (AvgIpc) is 2.61. The van der Waals surface area contributed by atoms with Crippen LogP contribution >= 0.6 is 0 Å².